The van der Waals surface area contributed by atoms with E-state index in [1.54, 1.807) is 13.2 Å². The van der Waals surface area contributed by atoms with Crippen molar-refractivity contribution in [3.05, 3.63) is 30.1 Å². The third kappa shape index (κ3) is 3.34. The van der Waals surface area contributed by atoms with Crippen molar-refractivity contribution in [2.75, 3.05) is 19.0 Å². The Hall–Kier alpha value is -1.09. The van der Waals surface area contributed by atoms with E-state index in [4.69, 9.17) is 4.74 Å². The van der Waals surface area contributed by atoms with Gasteiger partial charge in [-0.05, 0) is 24.6 Å². The zero-order chi connectivity index (χ0) is 10.4. The highest BCUT2D eigenvalue weighted by Crippen LogP contribution is 2.11. The predicted molar refractivity (Wildman–Crippen MR) is 56.0 cm³/mol. The van der Waals surface area contributed by atoms with Crippen molar-refractivity contribution in [3.63, 3.8) is 0 Å². The van der Waals surface area contributed by atoms with Gasteiger partial charge in [0.2, 0.25) is 0 Å². The van der Waals surface area contributed by atoms with E-state index in [2.05, 4.69) is 12.2 Å². The summed E-state index contributed by atoms with van der Waals surface area (Å²) in [6, 6.07) is 6.70. The molecule has 1 aromatic carbocycles. The number of anilines is 1. The molecule has 1 unspecified atom stereocenters. The molecule has 0 saturated carbocycles. The van der Waals surface area contributed by atoms with Crippen molar-refractivity contribution in [1.29, 1.82) is 0 Å². The molecule has 0 aliphatic rings. The number of halogens is 1. The Labute approximate surface area is 84.1 Å². The van der Waals surface area contributed by atoms with Crippen LogP contribution in [0.1, 0.15) is 13.3 Å². The summed E-state index contributed by atoms with van der Waals surface area (Å²) in [5.41, 5.74) is 0.800. The van der Waals surface area contributed by atoms with Crippen molar-refractivity contribution in [2.45, 2.75) is 19.4 Å². The lowest BCUT2D eigenvalue weighted by atomic mass is 10.2. The quantitative estimate of drug-likeness (QED) is 0.783. The summed E-state index contributed by atoms with van der Waals surface area (Å²) in [6.45, 7) is 2.70. The first-order valence-corrected chi connectivity index (χ1v) is 4.77. The maximum Gasteiger partial charge on any atom is 0.125 e. The van der Waals surface area contributed by atoms with Crippen molar-refractivity contribution in [1.82, 2.24) is 0 Å². The highest BCUT2D eigenvalue weighted by Gasteiger charge is 2.05. The van der Waals surface area contributed by atoms with Gasteiger partial charge < -0.3 is 10.1 Å². The van der Waals surface area contributed by atoms with E-state index in [0.29, 0.717) is 6.61 Å². The summed E-state index contributed by atoms with van der Waals surface area (Å²) in [6.07, 6.45) is 0.949. The van der Waals surface area contributed by atoms with Gasteiger partial charge in [-0.1, -0.05) is 13.0 Å². The fourth-order valence-corrected chi connectivity index (χ4v) is 1.28. The van der Waals surface area contributed by atoms with Gasteiger partial charge >= 0.3 is 0 Å². The first kappa shape index (κ1) is 11.0. The molecule has 1 N–H and O–H groups in total. The van der Waals surface area contributed by atoms with Crippen molar-refractivity contribution >= 4 is 5.69 Å². The Kier molecular flexibility index (Phi) is 4.40. The highest BCUT2D eigenvalue weighted by molar-refractivity contribution is 5.43. The third-order valence-electron chi connectivity index (χ3n) is 2.06. The van der Waals surface area contributed by atoms with E-state index in [1.807, 2.05) is 6.07 Å². The fraction of sp³-hybridized carbons (Fsp3) is 0.455. The molecule has 1 rings (SSSR count). The molecule has 0 heterocycles. The molecule has 0 amide bonds. The van der Waals surface area contributed by atoms with Gasteiger partial charge in [0.15, 0.2) is 0 Å². The molecule has 3 heteroatoms. The second kappa shape index (κ2) is 5.60. The highest BCUT2D eigenvalue weighted by atomic mass is 19.1. The molecule has 14 heavy (non-hydrogen) atoms. The summed E-state index contributed by atoms with van der Waals surface area (Å²) in [4.78, 5) is 0. The molecular weight excluding hydrogens is 181 g/mol. The van der Waals surface area contributed by atoms with E-state index in [1.165, 1.54) is 12.1 Å². The summed E-state index contributed by atoms with van der Waals surface area (Å²) in [5.74, 6) is -0.220. The molecule has 78 valence electrons. The first-order chi connectivity index (χ1) is 6.76. The van der Waals surface area contributed by atoms with Crippen LogP contribution in [0.15, 0.2) is 24.3 Å². The van der Waals surface area contributed by atoms with Crippen molar-refractivity contribution in [3.8, 4) is 0 Å². The zero-order valence-electron chi connectivity index (χ0n) is 8.59. The SMILES string of the molecule is CCC(COC)Nc1cccc(F)c1. The molecule has 1 aromatic rings. The van der Waals surface area contributed by atoms with Crippen LogP contribution in [0.2, 0.25) is 0 Å². The van der Waals surface area contributed by atoms with E-state index < -0.39 is 0 Å². The Morgan fingerprint density at radius 1 is 1.50 bits per heavy atom. The van der Waals surface area contributed by atoms with Gasteiger partial charge in [-0.25, -0.2) is 4.39 Å². The maximum absolute atomic E-state index is 12.8. The molecule has 0 spiro atoms. The largest absolute Gasteiger partial charge is 0.383 e. The van der Waals surface area contributed by atoms with Crippen molar-refractivity contribution in [2.24, 2.45) is 0 Å². The van der Waals surface area contributed by atoms with E-state index >= 15 is 0 Å². The molecule has 0 saturated heterocycles. The Bertz CT molecular complexity index is 278. The van der Waals surface area contributed by atoms with Gasteiger partial charge in [0.05, 0.1) is 6.61 Å². The van der Waals surface area contributed by atoms with Crippen LogP contribution >= 0.6 is 0 Å². The second-order valence-electron chi connectivity index (χ2n) is 3.22. The zero-order valence-corrected chi connectivity index (χ0v) is 8.59. The van der Waals surface area contributed by atoms with Crippen LogP contribution in [0.5, 0.6) is 0 Å². The number of nitrogens with one attached hydrogen (secondary N) is 1. The van der Waals surface area contributed by atoms with Gasteiger partial charge in [0.25, 0.3) is 0 Å². The normalized spacial score (nSPS) is 12.5. The molecule has 0 aliphatic carbocycles. The molecule has 0 fully saturated rings. The molecule has 1 atom stereocenters. The molecule has 0 radical (unpaired) electrons. The average molecular weight is 197 g/mol. The lowest BCUT2D eigenvalue weighted by Crippen LogP contribution is -2.23. The minimum absolute atomic E-state index is 0.220. The summed E-state index contributed by atoms with van der Waals surface area (Å²) < 4.78 is 17.9. The van der Waals surface area contributed by atoms with E-state index in [9.17, 15) is 4.39 Å². The predicted octanol–water partition coefficient (Wildman–Crippen LogP) is 2.66. The minimum atomic E-state index is -0.220. The molecule has 0 bridgehead atoms. The molecule has 0 aromatic heterocycles. The Balaban J connectivity index is 2.57. The van der Waals surface area contributed by atoms with Gasteiger partial charge in [0, 0.05) is 18.8 Å². The molecular formula is C11H16FNO. The first-order valence-electron chi connectivity index (χ1n) is 4.77. The second-order valence-corrected chi connectivity index (χ2v) is 3.22. The van der Waals surface area contributed by atoms with Gasteiger partial charge in [-0.3, -0.25) is 0 Å². The van der Waals surface area contributed by atoms with Crippen LogP contribution in [0.3, 0.4) is 0 Å². The smallest absolute Gasteiger partial charge is 0.125 e. The summed E-state index contributed by atoms with van der Waals surface area (Å²) in [7, 11) is 1.66. The van der Waals surface area contributed by atoms with Crippen LogP contribution < -0.4 is 5.32 Å². The Morgan fingerprint density at radius 3 is 2.86 bits per heavy atom. The lowest BCUT2D eigenvalue weighted by Gasteiger charge is -2.17. The van der Waals surface area contributed by atoms with Crippen LogP contribution in [0.25, 0.3) is 0 Å². The topological polar surface area (TPSA) is 21.3 Å². The van der Waals surface area contributed by atoms with Crippen LogP contribution in [0, 0.1) is 5.82 Å². The van der Waals surface area contributed by atoms with E-state index in [0.717, 1.165) is 12.1 Å². The number of benzene rings is 1. The van der Waals surface area contributed by atoms with Crippen LogP contribution in [-0.2, 0) is 4.74 Å². The summed E-state index contributed by atoms with van der Waals surface area (Å²) in [5, 5.41) is 3.21. The van der Waals surface area contributed by atoms with Crippen LogP contribution in [-0.4, -0.2) is 19.8 Å². The van der Waals surface area contributed by atoms with Gasteiger partial charge in [0.1, 0.15) is 5.82 Å². The van der Waals surface area contributed by atoms with Crippen LogP contribution in [0.4, 0.5) is 10.1 Å². The average Bonchev–Trinajstić information content (AvgIpc) is 2.17. The van der Waals surface area contributed by atoms with Gasteiger partial charge in [-0.15, -0.1) is 0 Å². The molecule has 2 nitrogen and oxygen atoms in total. The standard InChI is InChI=1S/C11H16FNO/c1-3-10(8-14-2)13-11-6-4-5-9(12)7-11/h4-7,10,13H,3,8H2,1-2H3. The summed E-state index contributed by atoms with van der Waals surface area (Å²) >= 11 is 0. The minimum Gasteiger partial charge on any atom is -0.383 e. The number of ether oxygens (including phenoxy) is 1. The third-order valence-corrected chi connectivity index (χ3v) is 2.06. The number of hydrogen-bond donors (Lipinski definition) is 1. The van der Waals surface area contributed by atoms with E-state index in [-0.39, 0.29) is 11.9 Å². The lowest BCUT2D eigenvalue weighted by molar-refractivity contribution is 0.184. The van der Waals surface area contributed by atoms with Crippen molar-refractivity contribution < 1.29 is 9.13 Å². The monoisotopic (exact) mass is 197 g/mol. The molecule has 0 aliphatic heterocycles. The fourth-order valence-electron chi connectivity index (χ4n) is 1.28. The number of methoxy groups -OCH3 is 1. The van der Waals surface area contributed by atoms with Gasteiger partial charge in [-0.2, -0.15) is 0 Å². The maximum atomic E-state index is 12.8. The number of rotatable bonds is 5. The number of hydrogen-bond acceptors (Lipinski definition) is 2. The Morgan fingerprint density at radius 2 is 2.29 bits per heavy atom.